The highest BCUT2D eigenvalue weighted by Gasteiger charge is 2.12. The average Bonchev–Trinajstić information content (AvgIpc) is 2.93. The number of nitrogens with zero attached hydrogens (tertiary/aromatic N) is 5. The summed E-state index contributed by atoms with van der Waals surface area (Å²) in [4.78, 5) is 24.7. The highest BCUT2D eigenvalue weighted by atomic mass is 16.1. The zero-order valence-corrected chi connectivity index (χ0v) is 11.0. The van der Waals surface area contributed by atoms with Gasteiger partial charge in [0, 0.05) is 18.9 Å². The average molecular weight is 277 g/mol. The van der Waals surface area contributed by atoms with Gasteiger partial charge in [0.15, 0.2) is 11.2 Å². The Labute approximate surface area is 119 Å². The topological polar surface area (TPSA) is 65.1 Å². The first-order valence-electron chi connectivity index (χ1n) is 6.55. The molecule has 1 aromatic carbocycles. The summed E-state index contributed by atoms with van der Waals surface area (Å²) in [6.45, 7) is 0.584. The van der Waals surface area contributed by atoms with Crippen LogP contribution in [0.5, 0.6) is 0 Å². The van der Waals surface area contributed by atoms with Gasteiger partial charge in [-0.05, 0) is 11.6 Å². The van der Waals surface area contributed by atoms with Crippen LogP contribution in [0.15, 0.2) is 59.9 Å². The van der Waals surface area contributed by atoms with Crippen LogP contribution < -0.4 is 5.56 Å². The van der Waals surface area contributed by atoms with Crippen molar-refractivity contribution in [2.75, 3.05) is 0 Å². The van der Waals surface area contributed by atoms with Crippen molar-refractivity contribution < 1.29 is 0 Å². The molecule has 0 N–H and O–H groups in total. The molecule has 0 saturated carbocycles. The van der Waals surface area contributed by atoms with Crippen LogP contribution in [-0.2, 0) is 6.54 Å². The smallest absolute Gasteiger partial charge is 0.300 e. The molecule has 21 heavy (non-hydrogen) atoms. The molecule has 3 heterocycles. The Bertz CT molecular complexity index is 987. The first kappa shape index (κ1) is 11.8. The number of benzene rings is 1. The van der Waals surface area contributed by atoms with Crippen molar-refractivity contribution >= 4 is 16.9 Å². The minimum atomic E-state index is -0.308. The molecule has 3 aromatic heterocycles. The van der Waals surface area contributed by atoms with Crippen LogP contribution in [0.1, 0.15) is 5.56 Å². The van der Waals surface area contributed by atoms with E-state index < -0.39 is 0 Å². The van der Waals surface area contributed by atoms with E-state index >= 15 is 0 Å². The summed E-state index contributed by atoms with van der Waals surface area (Å²) in [6, 6.07) is 11.7. The maximum absolute atomic E-state index is 12.2. The van der Waals surface area contributed by atoms with E-state index in [9.17, 15) is 4.79 Å². The van der Waals surface area contributed by atoms with Crippen molar-refractivity contribution in [3.8, 4) is 0 Å². The van der Waals surface area contributed by atoms with Crippen molar-refractivity contribution in [1.29, 1.82) is 0 Å². The largest absolute Gasteiger partial charge is 0.320 e. The van der Waals surface area contributed by atoms with Gasteiger partial charge < -0.3 is 4.57 Å². The third-order valence-corrected chi connectivity index (χ3v) is 3.37. The number of hydrogen-bond donors (Lipinski definition) is 0. The third kappa shape index (κ3) is 1.88. The maximum Gasteiger partial charge on any atom is 0.300 e. The van der Waals surface area contributed by atoms with Gasteiger partial charge in [0.25, 0.3) is 0 Å². The van der Waals surface area contributed by atoms with E-state index in [-0.39, 0.29) is 5.56 Å². The summed E-state index contributed by atoms with van der Waals surface area (Å²) in [6.07, 6.45) is 5.08. The van der Waals surface area contributed by atoms with Gasteiger partial charge in [0.1, 0.15) is 0 Å². The number of aromatic nitrogens is 5. The first-order valence-corrected chi connectivity index (χ1v) is 6.55. The van der Waals surface area contributed by atoms with Crippen LogP contribution in [0.4, 0.5) is 0 Å². The van der Waals surface area contributed by atoms with E-state index in [1.807, 2.05) is 34.9 Å². The van der Waals surface area contributed by atoms with Gasteiger partial charge in [0.2, 0.25) is 5.78 Å². The van der Waals surface area contributed by atoms with E-state index in [0.717, 1.165) is 5.56 Å². The lowest BCUT2D eigenvalue weighted by atomic mass is 10.2. The zero-order chi connectivity index (χ0) is 14.2. The van der Waals surface area contributed by atoms with E-state index in [2.05, 4.69) is 15.0 Å². The molecule has 0 unspecified atom stereocenters. The fraction of sp³-hybridized carbons (Fsp3) is 0.0667. The van der Waals surface area contributed by atoms with Gasteiger partial charge in [0.05, 0.1) is 6.33 Å². The molecule has 0 aliphatic rings. The second-order valence-corrected chi connectivity index (χ2v) is 4.74. The summed E-state index contributed by atoms with van der Waals surface area (Å²) in [5.41, 5.74) is 1.86. The zero-order valence-electron chi connectivity index (χ0n) is 11.0. The summed E-state index contributed by atoms with van der Waals surface area (Å²) < 4.78 is 3.54. The molecule has 0 amide bonds. The van der Waals surface area contributed by atoms with E-state index in [4.69, 9.17) is 0 Å². The monoisotopic (exact) mass is 277 g/mol. The first-order chi connectivity index (χ1) is 10.3. The molecule has 102 valence electrons. The number of rotatable bonds is 2. The minimum Gasteiger partial charge on any atom is -0.320 e. The Morgan fingerprint density at radius 2 is 1.90 bits per heavy atom. The van der Waals surface area contributed by atoms with Crippen molar-refractivity contribution in [2.24, 2.45) is 0 Å². The molecule has 0 spiro atoms. The number of fused-ring (bicyclic) bond motifs is 3. The molecule has 0 fully saturated rings. The second-order valence-electron chi connectivity index (χ2n) is 4.74. The van der Waals surface area contributed by atoms with Crippen molar-refractivity contribution in [1.82, 2.24) is 23.9 Å². The maximum atomic E-state index is 12.2. The van der Waals surface area contributed by atoms with Crippen LogP contribution in [0.2, 0.25) is 0 Å². The van der Waals surface area contributed by atoms with Gasteiger partial charge in [-0.2, -0.15) is 4.98 Å². The molecular formula is C15H11N5O. The summed E-state index contributed by atoms with van der Waals surface area (Å²) in [7, 11) is 0. The molecule has 0 bridgehead atoms. The molecule has 0 saturated heterocycles. The van der Waals surface area contributed by atoms with Crippen molar-refractivity contribution in [3.05, 3.63) is 71.0 Å². The molecule has 4 aromatic rings. The number of hydrogen-bond acceptors (Lipinski definition) is 4. The molecule has 0 aliphatic carbocycles. The Hall–Kier alpha value is -3.02. The van der Waals surface area contributed by atoms with Crippen molar-refractivity contribution in [2.45, 2.75) is 6.54 Å². The fourth-order valence-corrected chi connectivity index (χ4v) is 2.42. The van der Waals surface area contributed by atoms with Crippen LogP contribution in [0.3, 0.4) is 0 Å². The lowest BCUT2D eigenvalue weighted by Gasteiger charge is -2.04. The van der Waals surface area contributed by atoms with Crippen molar-refractivity contribution in [3.63, 3.8) is 0 Å². The lowest BCUT2D eigenvalue weighted by molar-refractivity contribution is 0.819. The lowest BCUT2D eigenvalue weighted by Crippen LogP contribution is -2.15. The predicted molar refractivity (Wildman–Crippen MR) is 78.1 cm³/mol. The molecule has 6 nitrogen and oxygen atoms in total. The Kier molecular flexibility index (Phi) is 2.53. The van der Waals surface area contributed by atoms with E-state index in [0.29, 0.717) is 23.5 Å². The highest BCUT2D eigenvalue weighted by Crippen LogP contribution is 2.11. The predicted octanol–water partition coefficient (Wildman–Crippen LogP) is 1.49. The van der Waals surface area contributed by atoms with Gasteiger partial charge in [-0.3, -0.25) is 9.20 Å². The second kappa shape index (κ2) is 4.52. The van der Waals surface area contributed by atoms with E-state index in [1.54, 1.807) is 29.2 Å². The van der Waals surface area contributed by atoms with Gasteiger partial charge in [-0.1, -0.05) is 30.3 Å². The molecular weight excluding hydrogens is 266 g/mol. The SMILES string of the molecule is O=c1nc2ncccn2c2ncn(Cc3ccccc3)c12. The number of imidazole rings is 1. The van der Waals surface area contributed by atoms with Crippen LogP contribution in [0.25, 0.3) is 16.9 Å². The summed E-state index contributed by atoms with van der Waals surface area (Å²) >= 11 is 0. The van der Waals surface area contributed by atoms with Crippen LogP contribution in [0, 0.1) is 0 Å². The van der Waals surface area contributed by atoms with Gasteiger partial charge >= 0.3 is 5.56 Å². The Balaban J connectivity index is 1.96. The third-order valence-electron chi connectivity index (χ3n) is 3.37. The standard InChI is InChI=1S/C15H11N5O/c21-14-12-13(20-8-4-7-16-15(20)18-14)17-10-19(12)9-11-5-2-1-3-6-11/h1-8,10H,9H2. The molecule has 6 heteroatoms. The summed E-state index contributed by atoms with van der Waals surface area (Å²) in [5.74, 6) is 0.361. The molecule has 0 radical (unpaired) electrons. The van der Waals surface area contributed by atoms with Gasteiger partial charge in [-0.15, -0.1) is 0 Å². The Morgan fingerprint density at radius 3 is 2.76 bits per heavy atom. The molecule has 4 rings (SSSR count). The van der Waals surface area contributed by atoms with E-state index in [1.165, 1.54) is 0 Å². The molecule has 0 aliphatic heterocycles. The quantitative estimate of drug-likeness (QED) is 0.557. The van der Waals surface area contributed by atoms with Gasteiger partial charge in [-0.25, -0.2) is 9.97 Å². The fourth-order valence-electron chi connectivity index (χ4n) is 2.42. The van der Waals surface area contributed by atoms with Crippen LogP contribution >= 0.6 is 0 Å². The highest BCUT2D eigenvalue weighted by molar-refractivity contribution is 5.72. The Morgan fingerprint density at radius 1 is 1.05 bits per heavy atom. The molecule has 0 atom stereocenters. The van der Waals surface area contributed by atoms with Crippen LogP contribution in [-0.4, -0.2) is 23.9 Å². The normalized spacial score (nSPS) is 11.2. The summed E-state index contributed by atoms with van der Waals surface area (Å²) in [5, 5.41) is 0. The minimum absolute atomic E-state index is 0.308.